The molecule has 0 aliphatic heterocycles. The van der Waals surface area contributed by atoms with Crippen molar-refractivity contribution in [2.24, 2.45) is 5.41 Å². The maximum Gasteiger partial charge on any atom is 0.0575 e. The van der Waals surface area contributed by atoms with Crippen LogP contribution in [0.15, 0.2) is 0 Å². The van der Waals surface area contributed by atoms with E-state index in [0.717, 1.165) is 19.7 Å². The zero-order valence-corrected chi connectivity index (χ0v) is 12.1. The number of rotatable bonds is 8. The quantitative estimate of drug-likeness (QED) is 0.653. The van der Waals surface area contributed by atoms with E-state index in [9.17, 15) is 0 Å². The molecule has 1 N–H and O–H groups in total. The van der Waals surface area contributed by atoms with Gasteiger partial charge in [0.25, 0.3) is 0 Å². The van der Waals surface area contributed by atoms with Gasteiger partial charge in [-0.2, -0.15) is 0 Å². The molecule has 0 unspecified atom stereocenters. The molecular formula is C15H31NO. The Balaban J connectivity index is 1.90. The summed E-state index contributed by atoms with van der Waals surface area (Å²) in [5.74, 6) is 0. The first-order chi connectivity index (χ1) is 8.14. The van der Waals surface area contributed by atoms with Crippen LogP contribution in [0.25, 0.3) is 0 Å². The van der Waals surface area contributed by atoms with Gasteiger partial charge in [-0.05, 0) is 63.5 Å². The molecule has 17 heavy (non-hydrogen) atoms. The Kier molecular flexibility index (Phi) is 7.14. The molecular weight excluding hydrogens is 210 g/mol. The predicted octanol–water partition coefficient (Wildman–Crippen LogP) is 3.75. The molecule has 102 valence electrons. The summed E-state index contributed by atoms with van der Waals surface area (Å²) in [5.41, 5.74) is 0.561. The fourth-order valence-electron chi connectivity index (χ4n) is 2.50. The van der Waals surface area contributed by atoms with Gasteiger partial charge in [0.1, 0.15) is 0 Å². The van der Waals surface area contributed by atoms with Crippen LogP contribution in [0.5, 0.6) is 0 Å². The second kappa shape index (κ2) is 8.10. The van der Waals surface area contributed by atoms with E-state index in [1.165, 1.54) is 44.9 Å². The van der Waals surface area contributed by atoms with Crippen molar-refractivity contribution < 1.29 is 4.74 Å². The molecule has 0 radical (unpaired) electrons. The van der Waals surface area contributed by atoms with Gasteiger partial charge in [0.2, 0.25) is 0 Å². The van der Waals surface area contributed by atoms with E-state index in [2.05, 4.69) is 26.1 Å². The van der Waals surface area contributed by atoms with Crippen molar-refractivity contribution in [3.8, 4) is 0 Å². The lowest BCUT2D eigenvalue weighted by atomic mass is 9.76. The van der Waals surface area contributed by atoms with Gasteiger partial charge in [-0.3, -0.25) is 0 Å². The number of hydrogen-bond donors (Lipinski definition) is 1. The maximum atomic E-state index is 5.96. The first kappa shape index (κ1) is 15.0. The largest absolute Gasteiger partial charge is 0.378 e. The van der Waals surface area contributed by atoms with E-state index < -0.39 is 0 Å². The lowest BCUT2D eigenvalue weighted by Crippen LogP contribution is -2.26. The van der Waals surface area contributed by atoms with Crippen molar-refractivity contribution in [2.75, 3.05) is 19.7 Å². The molecule has 1 rings (SSSR count). The Hall–Kier alpha value is -0.0800. The topological polar surface area (TPSA) is 21.3 Å². The van der Waals surface area contributed by atoms with Crippen molar-refractivity contribution in [2.45, 2.75) is 71.8 Å². The SMILES string of the molecule is CCNCCCCCOC1CCC(C)(C)CC1. The molecule has 0 atom stereocenters. The van der Waals surface area contributed by atoms with Crippen LogP contribution in [-0.4, -0.2) is 25.8 Å². The van der Waals surface area contributed by atoms with Crippen LogP contribution in [0, 0.1) is 5.41 Å². The van der Waals surface area contributed by atoms with Crippen molar-refractivity contribution in [1.82, 2.24) is 5.32 Å². The van der Waals surface area contributed by atoms with Crippen LogP contribution >= 0.6 is 0 Å². The van der Waals surface area contributed by atoms with Gasteiger partial charge in [-0.25, -0.2) is 0 Å². The summed E-state index contributed by atoms with van der Waals surface area (Å²) in [7, 11) is 0. The molecule has 0 spiro atoms. The molecule has 0 aromatic heterocycles. The third-order valence-electron chi connectivity index (χ3n) is 3.89. The first-order valence-corrected chi connectivity index (χ1v) is 7.46. The first-order valence-electron chi connectivity index (χ1n) is 7.46. The van der Waals surface area contributed by atoms with Gasteiger partial charge in [-0.15, -0.1) is 0 Å². The smallest absolute Gasteiger partial charge is 0.0575 e. The number of nitrogens with one attached hydrogen (secondary N) is 1. The summed E-state index contributed by atoms with van der Waals surface area (Å²) in [4.78, 5) is 0. The van der Waals surface area contributed by atoms with Gasteiger partial charge >= 0.3 is 0 Å². The lowest BCUT2D eigenvalue weighted by Gasteiger charge is -2.34. The Morgan fingerprint density at radius 1 is 1.12 bits per heavy atom. The van der Waals surface area contributed by atoms with Crippen LogP contribution in [0.2, 0.25) is 0 Å². The fraction of sp³-hybridized carbons (Fsp3) is 1.00. The summed E-state index contributed by atoms with van der Waals surface area (Å²) in [6.07, 6.45) is 9.56. The maximum absolute atomic E-state index is 5.96. The number of ether oxygens (including phenoxy) is 1. The standard InChI is InChI=1S/C15H31NO/c1-4-16-12-6-5-7-13-17-14-8-10-15(2,3)11-9-14/h14,16H,4-13H2,1-3H3. The molecule has 0 aromatic rings. The Morgan fingerprint density at radius 3 is 2.47 bits per heavy atom. The molecule has 2 nitrogen and oxygen atoms in total. The van der Waals surface area contributed by atoms with Crippen LogP contribution in [0.3, 0.4) is 0 Å². The molecule has 0 aromatic carbocycles. The van der Waals surface area contributed by atoms with E-state index in [-0.39, 0.29) is 0 Å². The normalized spacial score (nSPS) is 20.6. The molecule has 1 saturated carbocycles. The van der Waals surface area contributed by atoms with Crippen LogP contribution < -0.4 is 5.32 Å². The average Bonchev–Trinajstić information content (AvgIpc) is 2.30. The highest BCUT2D eigenvalue weighted by atomic mass is 16.5. The molecule has 2 heteroatoms. The molecule has 1 aliphatic carbocycles. The minimum atomic E-state index is 0.553. The third-order valence-corrected chi connectivity index (χ3v) is 3.89. The molecule has 0 saturated heterocycles. The number of unbranched alkanes of at least 4 members (excludes halogenated alkanes) is 2. The Morgan fingerprint density at radius 2 is 1.82 bits per heavy atom. The van der Waals surface area contributed by atoms with E-state index in [1.54, 1.807) is 0 Å². The minimum Gasteiger partial charge on any atom is -0.378 e. The van der Waals surface area contributed by atoms with Crippen LogP contribution in [0.1, 0.15) is 65.7 Å². The molecule has 1 aliphatic rings. The summed E-state index contributed by atoms with van der Waals surface area (Å²) in [5, 5.41) is 3.36. The fourth-order valence-corrected chi connectivity index (χ4v) is 2.50. The molecule has 0 heterocycles. The second-order valence-corrected chi connectivity index (χ2v) is 6.15. The zero-order valence-electron chi connectivity index (χ0n) is 12.1. The minimum absolute atomic E-state index is 0.553. The summed E-state index contributed by atoms with van der Waals surface area (Å²) < 4.78 is 5.96. The van der Waals surface area contributed by atoms with Crippen molar-refractivity contribution in [3.63, 3.8) is 0 Å². The van der Waals surface area contributed by atoms with E-state index >= 15 is 0 Å². The highest BCUT2D eigenvalue weighted by molar-refractivity contribution is 4.78. The van der Waals surface area contributed by atoms with Gasteiger partial charge in [0, 0.05) is 6.61 Å². The number of hydrogen-bond acceptors (Lipinski definition) is 2. The summed E-state index contributed by atoms with van der Waals surface area (Å²) in [6.45, 7) is 10.1. The van der Waals surface area contributed by atoms with Crippen molar-refractivity contribution in [1.29, 1.82) is 0 Å². The highest BCUT2D eigenvalue weighted by Gasteiger charge is 2.26. The van der Waals surface area contributed by atoms with Crippen LogP contribution in [0.4, 0.5) is 0 Å². The molecule has 1 fully saturated rings. The van der Waals surface area contributed by atoms with Gasteiger partial charge in [0.15, 0.2) is 0 Å². The van der Waals surface area contributed by atoms with E-state index in [0.29, 0.717) is 11.5 Å². The monoisotopic (exact) mass is 241 g/mol. The Labute approximate surface area is 108 Å². The average molecular weight is 241 g/mol. The third kappa shape index (κ3) is 7.05. The van der Waals surface area contributed by atoms with Gasteiger partial charge < -0.3 is 10.1 Å². The predicted molar refractivity (Wildman–Crippen MR) is 74.4 cm³/mol. The van der Waals surface area contributed by atoms with Crippen molar-refractivity contribution >= 4 is 0 Å². The van der Waals surface area contributed by atoms with Crippen LogP contribution in [-0.2, 0) is 4.74 Å². The Bertz CT molecular complexity index is 181. The van der Waals surface area contributed by atoms with Gasteiger partial charge in [0.05, 0.1) is 6.10 Å². The summed E-state index contributed by atoms with van der Waals surface area (Å²) >= 11 is 0. The van der Waals surface area contributed by atoms with E-state index in [1.807, 2.05) is 0 Å². The second-order valence-electron chi connectivity index (χ2n) is 6.15. The van der Waals surface area contributed by atoms with E-state index in [4.69, 9.17) is 4.74 Å². The lowest BCUT2D eigenvalue weighted by molar-refractivity contribution is 0.00278. The zero-order chi connectivity index (χ0) is 12.6. The molecule has 0 bridgehead atoms. The molecule has 0 amide bonds. The van der Waals surface area contributed by atoms with Gasteiger partial charge in [-0.1, -0.05) is 20.8 Å². The summed E-state index contributed by atoms with van der Waals surface area (Å²) in [6, 6.07) is 0. The highest BCUT2D eigenvalue weighted by Crippen LogP contribution is 2.36. The van der Waals surface area contributed by atoms with Crippen molar-refractivity contribution in [3.05, 3.63) is 0 Å².